The van der Waals surface area contributed by atoms with Crippen molar-refractivity contribution >= 4 is 5.91 Å². The molecule has 0 atom stereocenters. The molecule has 0 aromatic heterocycles. The number of hydrogen-bond donors (Lipinski definition) is 0. The van der Waals surface area contributed by atoms with Crippen molar-refractivity contribution in [2.45, 2.75) is 43.6 Å². The molecule has 0 radical (unpaired) electrons. The topological polar surface area (TPSA) is 45.2 Å². The van der Waals surface area contributed by atoms with E-state index >= 15 is 0 Å². The molecule has 4 rings (SSSR count). The third-order valence-corrected chi connectivity index (χ3v) is 7.13. The number of carbonyl (C=O) groups excluding carboxylic acids is 1. The zero-order valence-corrected chi connectivity index (χ0v) is 18.6. The zero-order valence-electron chi connectivity index (χ0n) is 18.6. The van der Waals surface area contributed by atoms with Gasteiger partial charge in [0.25, 0.3) is 0 Å². The minimum absolute atomic E-state index is 0.267. The van der Waals surface area contributed by atoms with Gasteiger partial charge < -0.3 is 24.2 Å². The van der Waals surface area contributed by atoms with Crippen molar-refractivity contribution in [2.24, 2.45) is 0 Å². The van der Waals surface area contributed by atoms with Gasteiger partial charge in [-0.25, -0.2) is 0 Å². The SMILES string of the molecule is CN(C)C1CN(C(=O)C2(c3ccc(OCCCN4CCCC4)cc3)CCOCC2)C1. The van der Waals surface area contributed by atoms with Crippen molar-refractivity contribution in [1.29, 1.82) is 0 Å². The smallest absolute Gasteiger partial charge is 0.233 e. The Bertz CT molecular complexity index is 688. The molecule has 3 aliphatic heterocycles. The molecule has 30 heavy (non-hydrogen) atoms. The van der Waals surface area contributed by atoms with Gasteiger partial charge in [-0.2, -0.15) is 0 Å². The second-order valence-corrected chi connectivity index (χ2v) is 9.30. The van der Waals surface area contributed by atoms with E-state index in [0.29, 0.717) is 19.3 Å². The van der Waals surface area contributed by atoms with Crippen molar-refractivity contribution in [3.05, 3.63) is 29.8 Å². The molecule has 3 saturated heterocycles. The minimum atomic E-state index is -0.455. The Balaban J connectivity index is 1.36. The minimum Gasteiger partial charge on any atom is -0.494 e. The van der Waals surface area contributed by atoms with Crippen LogP contribution in [0.15, 0.2) is 24.3 Å². The number of likely N-dealkylation sites (N-methyl/N-ethyl adjacent to an activating group) is 1. The van der Waals surface area contributed by atoms with E-state index in [1.54, 1.807) is 0 Å². The molecule has 0 aliphatic carbocycles. The van der Waals surface area contributed by atoms with E-state index in [1.165, 1.54) is 25.9 Å². The lowest BCUT2D eigenvalue weighted by Gasteiger charge is -2.48. The van der Waals surface area contributed by atoms with Crippen LogP contribution in [0.2, 0.25) is 0 Å². The first kappa shape index (κ1) is 21.6. The summed E-state index contributed by atoms with van der Waals surface area (Å²) in [5.41, 5.74) is 0.651. The Morgan fingerprint density at radius 2 is 1.80 bits per heavy atom. The Morgan fingerprint density at radius 3 is 2.43 bits per heavy atom. The van der Waals surface area contributed by atoms with Gasteiger partial charge in [-0.05, 0) is 77.0 Å². The normalized spacial score (nSPS) is 22.3. The van der Waals surface area contributed by atoms with Crippen LogP contribution in [0.25, 0.3) is 0 Å². The molecule has 1 aromatic rings. The van der Waals surface area contributed by atoms with Gasteiger partial charge >= 0.3 is 0 Å². The number of likely N-dealkylation sites (tertiary alicyclic amines) is 2. The van der Waals surface area contributed by atoms with E-state index in [2.05, 4.69) is 36.0 Å². The lowest BCUT2D eigenvalue weighted by molar-refractivity contribution is -0.148. The lowest BCUT2D eigenvalue weighted by atomic mass is 9.72. The van der Waals surface area contributed by atoms with Gasteiger partial charge in [0.1, 0.15) is 5.75 Å². The highest BCUT2D eigenvalue weighted by molar-refractivity contribution is 5.89. The van der Waals surface area contributed by atoms with Crippen LogP contribution >= 0.6 is 0 Å². The van der Waals surface area contributed by atoms with Crippen LogP contribution in [0.3, 0.4) is 0 Å². The molecule has 3 fully saturated rings. The maximum absolute atomic E-state index is 13.5. The fraction of sp³-hybridized carbons (Fsp3) is 0.708. The average molecular weight is 416 g/mol. The van der Waals surface area contributed by atoms with E-state index in [1.807, 2.05) is 17.0 Å². The summed E-state index contributed by atoms with van der Waals surface area (Å²) in [6.07, 6.45) is 5.24. The van der Waals surface area contributed by atoms with Gasteiger partial charge in [-0.1, -0.05) is 12.1 Å². The van der Waals surface area contributed by atoms with E-state index < -0.39 is 5.41 Å². The molecule has 0 N–H and O–H groups in total. The third kappa shape index (κ3) is 4.66. The Kier molecular flexibility index (Phi) is 6.96. The lowest BCUT2D eigenvalue weighted by Crippen LogP contribution is -2.63. The van der Waals surface area contributed by atoms with Crippen LogP contribution in [-0.2, 0) is 14.9 Å². The van der Waals surface area contributed by atoms with E-state index in [4.69, 9.17) is 9.47 Å². The third-order valence-electron chi connectivity index (χ3n) is 7.13. The number of amides is 1. The molecule has 1 amide bonds. The number of carbonyl (C=O) groups is 1. The molecular formula is C24H37N3O3. The van der Waals surface area contributed by atoms with Crippen LogP contribution in [-0.4, -0.2) is 93.3 Å². The van der Waals surface area contributed by atoms with Crippen molar-refractivity contribution in [3.8, 4) is 5.75 Å². The zero-order chi connectivity index (χ0) is 21.0. The van der Waals surface area contributed by atoms with Crippen molar-refractivity contribution in [2.75, 3.05) is 66.6 Å². The number of nitrogens with zero attached hydrogens (tertiary/aromatic N) is 3. The second-order valence-electron chi connectivity index (χ2n) is 9.30. The van der Waals surface area contributed by atoms with Crippen LogP contribution in [0.1, 0.15) is 37.7 Å². The summed E-state index contributed by atoms with van der Waals surface area (Å²) in [6.45, 7) is 7.28. The van der Waals surface area contributed by atoms with E-state index in [-0.39, 0.29) is 5.91 Å². The first-order chi connectivity index (χ1) is 14.6. The largest absolute Gasteiger partial charge is 0.494 e. The van der Waals surface area contributed by atoms with E-state index in [9.17, 15) is 4.79 Å². The number of hydrogen-bond acceptors (Lipinski definition) is 5. The number of ether oxygens (including phenoxy) is 2. The molecule has 0 unspecified atom stereocenters. The second kappa shape index (κ2) is 9.67. The van der Waals surface area contributed by atoms with Gasteiger partial charge in [-0.15, -0.1) is 0 Å². The molecular weight excluding hydrogens is 378 g/mol. The fourth-order valence-corrected chi connectivity index (χ4v) is 4.95. The molecule has 166 valence electrons. The fourth-order valence-electron chi connectivity index (χ4n) is 4.95. The number of rotatable bonds is 8. The maximum atomic E-state index is 13.5. The summed E-state index contributed by atoms with van der Waals surface area (Å²) in [7, 11) is 4.17. The van der Waals surface area contributed by atoms with Crippen LogP contribution < -0.4 is 4.74 Å². The molecule has 0 spiro atoms. The molecule has 3 heterocycles. The van der Waals surface area contributed by atoms with Gasteiger partial charge in [0.05, 0.1) is 12.0 Å². The maximum Gasteiger partial charge on any atom is 0.233 e. The van der Waals surface area contributed by atoms with Gasteiger partial charge in [0, 0.05) is 38.9 Å². The van der Waals surface area contributed by atoms with Crippen molar-refractivity contribution in [3.63, 3.8) is 0 Å². The monoisotopic (exact) mass is 415 g/mol. The highest BCUT2D eigenvalue weighted by Crippen LogP contribution is 2.38. The molecule has 6 heteroatoms. The van der Waals surface area contributed by atoms with Gasteiger partial charge in [0.15, 0.2) is 0 Å². The highest BCUT2D eigenvalue weighted by Gasteiger charge is 2.47. The summed E-state index contributed by atoms with van der Waals surface area (Å²) >= 11 is 0. The summed E-state index contributed by atoms with van der Waals surface area (Å²) in [5, 5.41) is 0. The standard InChI is InChI=1S/C24H37N3O3/c1-25(2)21-18-27(19-21)23(28)24(10-16-29-17-11-24)20-6-8-22(9-7-20)30-15-5-14-26-12-3-4-13-26/h6-9,21H,3-5,10-19H2,1-2H3. The summed E-state index contributed by atoms with van der Waals surface area (Å²) in [5.74, 6) is 1.16. The first-order valence-electron chi connectivity index (χ1n) is 11.6. The van der Waals surface area contributed by atoms with Crippen LogP contribution in [0.5, 0.6) is 5.75 Å². The Morgan fingerprint density at radius 1 is 1.13 bits per heavy atom. The van der Waals surface area contributed by atoms with Crippen LogP contribution in [0.4, 0.5) is 0 Å². The summed E-state index contributed by atoms with van der Waals surface area (Å²) < 4.78 is 11.6. The predicted molar refractivity (Wildman–Crippen MR) is 118 cm³/mol. The molecule has 1 aromatic carbocycles. The van der Waals surface area contributed by atoms with E-state index in [0.717, 1.165) is 56.8 Å². The highest BCUT2D eigenvalue weighted by atomic mass is 16.5. The summed E-state index contributed by atoms with van der Waals surface area (Å²) in [6, 6.07) is 8.75. The molecule has 3 aliphatic rings. The number of benzene rings is 1. The van der Waals surface area contributed by atoms with Crippen molar-refractivity contribution < 1.29 is 14.3 Å². The Hall–Kier alpha value is -1.63. The predicted octanol–water partition coefficient (Wildman–Crippen LogP) is 2.37. The van der Waals surface area contributed by atoms with Crippen LogP contribution in [0, 0.1) is 0 Å². The average Bonchev–Trinajstić information content (AvgIpc) is 3.24. The van der Waals surface area contributed by atoms with Gasteiger partial charge in [0.2, 0.25) is 5.91 Å². The molecule has 6 nitrogen and oxygen atoms in total. The quantitative estimate of drug-likeness (QED) is 0.610. The molecule has 0 saturated carbocycles. The Labute approximate surface area is 181 Å². The first-order valence-corrected chi connectivity index (χ1v) is 11.6. The summed E-state index contributed by atoms with van der Waals surface area (Å²) in [4.78, 5) is 20.3. The van der Waals surface area contributed by atoms with Gasteiger partial charge in [-0.3, -0.25) is 4.79 Å². The van der Waals surface area contributed by atoms with Crippen molar-refractivity contribution in [1.82, 2.24) is 14.7 Å². The molecule has 0 bridgehead atoms.